The Morgan fingerprint density at radius 2 is 1.74 bits per heavy atom. The molecule has 3 rings (SSSR count). The molecule has 0 saturated heterocycles. The molecule has 0 spiro atoms. The monoisotopic (exact) mass is 325 g/mol. The number of para-hydroxylation sites is 1. The summed E-state index contributed by atoms with van der Waals surface area (Å²) in [6, 6.07) is 15.6. The molecule has 0 radical (unpaired) electrons. The third kappa shape index (κ3) is 4.20. The minimum atomic E-state index is 0.460. The van der Waals surface area contributed by atoms with Crippen LogP contribution in [0.2, 0.25) is 5.02 Å². The lowest BCUT2D eigenvalue weighted by Gasteiger charge is -2.12. The van der Waals surface area contributed by atoms with Gasteiger partial charge in [0.05, 0.1) is 11.2 Å². The number of halogens is 1. The van der Waals surface area contributed by atoms with Gasteiger partial charge in [0.15, 0.2) is 0 Å². The second kappa shape index (κ2) is 7.61. The number of hydrogen-bond acceptors (Lipinski definition) is 4. The van der Waals surface area contributed by atoms with E-state index in [4.69, 9.17) is 16.3 Å². The Hall–Kier alpha value is -2.59. The van der Waals surface area contributed by atoms with Crippen molar-refractivity contribution in [1.29, 1.82) is 0 Å². The number of ether oxygens (including phenoxy) is 1. The van der Waals surface area contributed by atoms with Gasteiger partial charge in [0.1, 0.15) is 18.2 Å². The predicted octanol–water partition coefficient (Wildman–Crippen LogP) is 4.32. The fourth-order valence-corrected chi connectivity index (χ4v) is 2.35. The summed E-state index contributed by atoms with van der Waals surface area (Å²) >= 11 is 6.12. The zero-order chi connectivity index (χ0) is 15.9. The Morgan fingerprint density at radius 1 is 0.957 bits per heavy atom. The molecule has 0 aliphatic rings. The lowest BCUT2D eigenvalue weighted by Crippen LogP contribution is -2.06. The average molecular weight is 326 g/mol. The van der Waals surface area contributed by atoms with E-state index >= 15 is 0 Å². The quantitative estimate of drug-likeness (QED) is 0.733. The van der Waals surface area contributed by atoms with E-state index in [9.17, 15) is 0 Å². The molecule has 0 amide bonds. The minimum absolute atomic E-state index is 0.460. The Kier molecular flexibility index (Phi) is 5.06. The van der Waals surface area contributed by atoms with E-state index < -0.39 is 0 Å². The van der Waals surface area contributed by atoms with Gasteiger partial charge in [-0.15, -0.1) is 0 Å². The van der Waals surface area contributed by atoms with Crippen LogP contribution in [-0.2, 0) is 13.2 Å². The van der Waals surface area contributed by atoms with Crippen LogP contribution >= 0.6 is 11.6 Å². The topological polar surface area (TPSA) is 47.0 Å². The normalized spacial score (nSPS) is 10.3. The van der Waals surface area contributed by atoms with E-state index in [0.717, 1.165) is 16.9 Å². The third-order valence-corrected chi connectivity index (χ3v) is 3.67. The second-order valence-corrected chi connectivity index (χ2v) is 5.34. The largest absolute Gasteiger partial charge is 0.487 e. The molecule has 3 aromatic rings. The van der Waals surface area contributed by atoms with Crippen LogP contribution in [-0.4, -0.2) is 9.97 Å². The molecule has 4 nitrogen and oxygen atoms in total. The molecule has 23 heavy (non-hydrogen) atoms. The second-order valence-electron chi connectivity index (χ2n) is 4.93. The van der Waals surface area contributed by atoms with E-state index in [1.807, 2.05) is 42.5 Å². The molecule has 0 fully saturated rings. The van der Waals surface area contributed by atoms with Gasteiger partial charge in [0.25, 0.3) is 0 Å². The maximum absolute atomic E-state index is 6.12. The van der Waals surface area contributed by atoms with Crippen molar-refractivity contribution in [3.63, 3.8) is 0 Å². The fraction of sp³-hybridized carbons (Fsp3) is 0.111. The molecule has 0 bridgehead atoms. The highest BCUT2D eigenvalue weighted by atomic mass is 35.5. The zero-order valence-corrected chi connectivity index (χ0v) is 13.2. The zero-order valence-electron chi connectivity index (χ0n) is 12.4. The Bertz CT molecular complexity index is 765. The van der Waals surface area contributed by atoms with Crippen molar-refractivity contribution in [2.75, 3.05) is 5.32 Å². The van der Waals surface area contributed by atoms with Crippen LogP contribution in [0.4, 0.5) is 5.82 Å². The van der Waals surface area contributed by atoms with Crippen LogP contribution in [0, 0.1) is 0 Å². The number of nitrogens with one attached hydrogen (secondary N) is 1. The lowest BCUT2D eigenvalue weighted by molar-refractivity contribution is 0.305. The van der Waals surface area contributed by atoms with Crippen LogP contribution in [0.15, 0.2) is 67.1 Å². The number of rotatable bonds is 6. The van der Waals surface area contributed by atoms with E-state index in [1.54, 1.807) is 18.6 Å². The van der Waals surface area contributed by atoms with Gasteiger partial charge in [-0.25, -0.2) is 4.98 Å². The molecule has 2 aromatic carbocycles. The van der Waals surface area contributed by atoms with Crippen molar-refractivity contribution >= 4 is 17.4 Å². The van der Waals surface area contributed by atoms with E-state index in [0.29, 0.717) is 23.9 Å². The molecule has 1 N–H and O–H groups in total. The summed E-state index contributed by atoms with van der Waals surface area (Å²) in [4.78, 5) is 8.25. The summed E-state index contributed by atoms with van der Waals surface area (Å²) < 4.78 is 5.83. The van der Waals surface area contributed by atoms with Crippen LogP contribution in [0.5, 0.6) is 5.75 Å². The van der Waals surface area contributed by atoms with Crippen LogP contribution in [0.3, 0.4) is 0 Å². The molecule has 1 aromatic heterocycles. The number of benzene rings is 2. The van der Waals surface area contributed by atoms with Crippen molar-refractivity contribution in [2.45, 2.75) is 13.2 Å². The summed E-state index contributed by atoms with van der Waals surface area (Å²) in [6.07, 6.45) is 5.01. The molecular weight excluding hydrogens is 310 g/mol. The summed E-state index contributed by atoms with van der Waals surface area (Å²) in [7, 11) is 0. The van der Waals surface area contributed by atoms with Crippen molar-refractivity contribution in [2.24, 2.45) is 0 Å². The Morgan fingerprint density at radius 3 is 2.52 bits per heavy atom. The summed E-state index contributed by atoms with van der Waals surface area (Å²) in [6.45, 7) is 1.11. The fourth-order valence-electron chi connectivity index (χ4n) is 2.16. The highest BCUT2D eigenvalue weighted by Crippen LogP contribution is 2.24. The van der Waals surface area contributed by atoms with Gasteiger partial charge >= 0.3 is 0 Å². The molecule has 5 heteroatoms. The van der Waals surface area contributed by atoms with E-state index in [2.05, 4.69) is 21.4 Å². The van der Waals surface area contributed by atoms with E-state index in [1.165, 1.54) is 0 Å². The van der Waals surface area contributed by atoms with Crippen molar-refractivity contribution in [3.05, 3.63) is 83.3 Å². The van der Waals surface area contributed by atoms with E-state index in [-0.39, 0.29) is 0 Å². The predicted molar refractivity (Wildman–Crippen MR) is 91.6 cm³/mol. The minimum Gasteiger partial charge on any atom is -0.487 e. The van der Waals surface area contributed by atoms with Crippen molar-refractivity contribution in [1.82, 2.24) is 9.97 Å². The highest BCUT2D eigenvalue weighted by molar-refractivity contribution is 6.32. The number of nitrogens with zero attached hydrogens (tertiary/aromatic N) is 2. The van der Waals surface area contributed by atoms with Crippen LogP contribution < -0.4 is 10.1 Å². The van der Waals surface area contributed by atoms with Gasteiger partial charge in [-0.2, -0.15) is 0 Å². The van der Waals surface area contributed by atoms with Crippen LogP contribution in [0.25, 0.3) is 0 Å². The van der Waals surface area contributed by atoms with Crippen molar-refractivity contribution < 1.29 is 4.74 Å². The van der Waals surface area contributed by atoms with Gasteiger partial charge in [0, 0.05) is 18.9 Å². The van der Waals surface area contributed by atoms with Crippen molar-refractivity contribution in [3.8, 4) is 5.75 Å². The number of anilines is 1. The summed E-state index contributed by atoms with van der Waals surface area (Å²) in [5.41, 5.74) is 2.24. The maximum atomic E-state index is 6.12. The smallest absolute Gasteiger partial charge is 0.144 e. The SMILES string of the molecule is Clc1ccccc1OCc1ccccc1CNc1cnccn1. The maximum Gasteiger partial charge on any atom is 0.144 e. The molecule has 0 aliphatic heterocycles. The highest BCUT2D eigenvalue weighted by Gasteiger charge is 2.05. The molecule has 0 aliphatic carbocycles. The van der Waals surface area contributed by atoms with Gasteiger partial charge in [-0.3, -0.25) is 4.98 Å². The summed E-state index contributed by atoms with van der Waals surface area (Å²) in [5, 5.41) is 3.87. The lowest BCUT2D eigenvalue weighted by atomic mass is 10.1. The molecule has 116 valence electrons. The van der Waals surface area contributed by atoms with Gasteiger partial charge in [-0.1, -0.05) is 48.0 Å². The first-order valence-corrected chi connectivity index (χ1v) is 7.65. The standard InChI is InChI=1S/C18H16ClN3O/c19-16-7-3-4-8-17(16)23-13-15-6-2-1-5-14(15)11-22-18-12-20-9-10-21-18/h1-10,12H,11,13H2,(H,21,22). The average Bonchev–Trinajstić information content (AvgIpc) is 2.61. The van der Waals surface area contributed by atoms with Crippen LogP contribution in [0.1, 0.15) is 11.1 Å². The van der Waals surface area contributed by atoms with Gasteiger partial charge < -0.3 is 10.1 Å². The molecular formula is C18H16ClN3O. The molecule has 0 atom stereocenters. The third-order valence-electron chi connectivity index (χ3n) is 3.36. The summed E-state index contributed by atoms with van der Waals surface area (Å²) in [5.74, 6) is 1.43. The van der Waals surface area contributed by atoms with Gasteiger partial charge in [-0.05, 0) is 23.3 Å². The first kappa shape index (κ1) is 15.3. The first-order chi connectivity index (χ1) is 11.3. The Balaban J connectivity index is 1.67. The first-order valence-electron chi connectivity index (χ1n) is 7.27. The van der Waals surface area contributed by atoms with Gasteiger partial charge in [0.2, 0.25) is 0 Å². The molecule has 0 unspecified atom stereocenters. The number of hydrogen-bond donors (Lipinski definition) is 1. The molecule has 1 heterocycles. The Labute approximate surface area is 140 Å². The number of aromatic nitrogens is 2. The molecule has 0 saturated carbocycles.